The molecule has 1 aliphatic rings. The summed E-state index contributed by atoms with van der Waals surface area (Å²) >= 11 is 0. The largest absolute Gasteiger partial charge is 0.416 e. The van der Waals surface area contributed by atoms with Crippen LogP contribution in [0.2, 0.25) is 0 Å². The first-order valence-electron chi connectivity index (χ1n) is 6.82. The smallest absolute Gasteiger partial charge is 0.366 e. The van der Waals surface area contributed by atoms with Crippen molar-refractivity contribution in [3.63, 3.8) is 0 Å². The molecular weight excluding hydrogens is 293 g/mol. The topological polar surface area (TPSA) is 56.0 Å². The van der Waals surface area contributed by atoms with E-state index < -0.39 is 17.6 Å². The van der Waals surface area contributed by atoms with Crippen LogP contribution in [0.25, 0.3) is 0 Å². The molecule has 1 atom stereocenters. The zero-order chi connectivity index (χ0) is 15.9. The number of benzene rings is 1. The molecule has 1 aromatic heterocycles. The number of nitrogens with two attached hydrogens (primary N) is 1. The van der Waals surface area contributed by atoms with E-state index in [0.29, 0.717) is 24.1 Å². The summed E-state index contributed by atoms with van der Waals surface area (Å²) in [5.41, 5.74) is 6.81. The van der Waals surface area contributed by atoms with Crippen LogP contribution < -0.4 is 5.73 Å². The van der Waals surface area contributed by atoms with Gasteiger partial charge in [0, 0.05) is 12.1 Å². The van der Waals surface area contributed by atoms with E-state index in [0.717, 1.165) is 17.7 Å². The third-order valence-corrected chi connectivity index (χ3v) is 3.99. The van der Waals surface area contributed by atoms with Gasteiger partial charge in [-0.05, 0) is 48.2 Å². The van der Waals surface area contributed by atoms with Crippen molar-refractivity contribution in [1.29, 1.82) is 0 Å². The Morgan fingerprint density at radius 1 is 1.27 bits per heavy atom. The normalized spacial score (nSPS) is 17.3. The number of alkyl halides is 3. The number of nitrogens with zero attached hydrogens (tertiary/aromatic N) is 1. The minimum absolute atomic E-state index is 0.262. The fourth-order valence-corrected chi connectivity index (χ4v) is 2.97. The average molecular weight is 306 g/mol. The van der Waals surface area contributed by atoms with E-state index in [-0.39, 0.29) is 11.5 Å². The summed E-state index contributed by atoms with van der Waals surface area (Å²) in [4.78, 5) is 15.7. The van der Waals surface area contributed by atoms with Crippen LogP contribution in [0.15, 0.2) is 36.5 Å². The highest BCUT2D eigenvalue weighted by molar-refractivity contribution is 5.94. The van der Waals surface area contributed by atoms with Crippen molar-refractivity contribution < 1.29 is 18.0 Å². The van der Waals surface area contributed by atoms with Gasteiger partial charge in [0.1, 0.15) is 0 Å². The molecule has 114 valence electrons. The molecule has 0 bridgehead atoms. The Kier molecular flexibility index (Phi) is 3.39. The number of aryl methyl sites for hydroxylation is 1. The molecule has 0 saturated carbocycles. The van der Waals surface area contributed by atoms with Gasteiger partial charge < -0.3 is 5.73 Å². The Morgan fingerprint density at radius 3 is 2.73 bits per heavy atom. The molecule has 22 heavy (non-hydrogen) atoms. The molecule has 0 unspecified atom stereocenters. The molecule has 1 aromatic carbocycles. The zero-order valence-electron chi connectivity index (χ0n) is 11.5. The SMILES string of the molecule is NC(=O)c1cccnc1[C@@H]1CCc2ccc(C(F)(F)F)cc21. The Morgan fingerprint density at radius 2 is 2.05 bits per heavy atom. The lowest BCUT2D eigenvalue weighted by atomic mass is 9.92. The van der Waals surface area contributed by atoms with Gasteiger partial charge >= 0.3 is 6.18 Å². The standard InChI is InChI=1S/C16H13F3N2O/c17-16(18,19)10-5-3-9-4-6-11(13(9)8-10)14-12(15(20)22)2-1-7-21-14/h1-3,5,7-8,11H,4,6H2,(H2,20,22)/t11-/m1/s1. The molecule has 1 amide bonds. The van der Waals surface area contributed by atoms with Crippen LogP contribution in [0.5, 0.6) is 0 Å². The Hall–Kier alpha value is -2.37. The maximum atomic E-state index is 12.9. The van der Waals surface area contributed by atoms with E-state index in [2.05, 4.69) is 4.98 Å². The molecule has 3 rings (SSSR count). The number of primary amides is 1. The summed E-state index contributed by atoms with van der Waals surface area (Å²) < 4.78 is 38.7. The average Bonchev–Trinajstić information content (AvgIpc) is 2.89. The second-order valence-electron chi connectivity index (χ2n) is 5.30. The number of rotatable bonds is 2. The van der Waals surface area contributed by atoms with Crippen LogP contribution in [0.4, 0.5) is 13.2 Å². The lowest BCUT2D eigenvalue weighted by Gasteiger charge is -2.15. The molecule has 2 aromatic rings. The quantitative estimate of drug-likeness (QED) is 0.925. The first-order valence-corrected chi connectivity index (χ1v) is 6.82. The molecule has 2 N–H and O–H groups in total. The van der Waals surface area contributed by atoms with Gasteiger partial charge in [0.15, 0.2) is 0 Å². The van der Waals surface area contributed by atoms with Crippen molar-refractivity contribution in [2.45, 2.75) is 24.9 Å². The van der Waals surface area contributed by atoms with Gasteiger partial charge in [-0.1, -0.05) is 6.07 Å². The fourth-order valence-electron chi connectivity index (χ4n) is 2.97. The van der Waals surface area contributed by atoms with E-state index in [1.54, 1.807) is 12.1 Å². The van der Waals surface area contributed by atoms with Gasteiger partial charge in [-0.15, -0.1) is 0 Å². The summed E-state index contributed by atoms with van der Waals surface area (Å²) in [6.45, 7) is 0. The minimum atomic E-state index is -4.39. The molecule has 6 heteroatoms. The number of amides is 1. The number of pyridine rings is 1. The van der Waals surface area contributed by atoms with Crippen molar-refractivity contribution in [2.75, 3.05) is 0 Å². The van der Waals surface area contributed by atoms with E-state index >= 15 is 0 Å². The molecule has 1 heterocycles. The lowest BCUT2D eigenvalue weighted by molar-refractivity contribution is -0.137. The minimum Gasteiger partial charge on any atom is -0.366 e. The van der Waals surface area contributed by atoms with Crippen LogP contribution in [0.3, 0.4) is 0 Å². The molecular formula is C16H13F3N2O. The number of hydrogen-bond acceptors (Lipinski definition) is 2. The summed E-state index contributed by atoms with van der Waals surface area (Å²) in [7, 11) is 0. The Bertz CT molecular complexity index is 740. The molecule has 1 aliphatic carbocycles. The highest BCUT2D eigenvalue weighted by Gasteiger charge is 2.34. The first-order chi connectivity index (χ1) is 10.4. The van der Waals surface area contributed by atoms with E-state index in [9.17, 15) is 18.0 Å². The lowest BCUT2D eigenvalue weighted by Crippen LogP contribution is -2.16. The first kappa shape index (κ1) is 14.6. The molecule has 0 aliphatic heterocycles. The zero-order valence-corrected chi connectivity index (χ0v) is 11.5. The van der Waals surface area contributed by atoms with Crippen LogP contribution in [0, 0.1) is 0 Å². The predicted octanol–water partition coefficient (Wildman–Crippen LogP) is 3.28. The van der Waals surface area contributed by atoms with Gasteiger partial charge in [0.05, 0.1) is 16.8 Å². The van der Waals surface area contributed by atoms with Crippen molar-refractivity contribution in [3.05, 3.63) is 64.5 Å². The molecule has 0 fully saturated rings. The van der Waals surface area contributed by atoms with Gasteiger partial charge in [-0.25, -0.2) is 0 Å². The number of halogens is 3. The van der Waals surface area contributed by atoms with E-state index in [4.69, 9.17) is 5.73 Å². The molecule has 3 nitrogen and oxygen atoms in total. The second kappa shape index (κ2) is 5.12. The van der Waals surface area contributed by atoms with Gasteiger partial charge in [0.2, 0.25) is 0 Å². The third-order valence-electron chi connectivity index (χ3n) is 3.99. The van der Waals surface area contributed by atoms with Gasteiger partial charge in [-0.2, -0.15) is 13.2 Å². The van der Waals surface area contributed by atoms with Crippen LogP contribution in [0.1, 0.15) is 45.1 Å². The summed E-state index contributed by atoms with van der Waals surface area (Å²) in [5, 5.41) is 0. The predicted molar refractivity (Wildman–Crippen MR) is 74.4 cm³/mol. The van der Waals surface area contributed by atoms with Gasteiger partial charge in [-0.3, -0.25) is 9.78 Å². The van der Waals surface area contributed by atoms with Crippen molar-refractivity contribution in [3.8, 4) is 0 Å². The van der Waals surface area contributed by atoms with E-state index in [1.165, 1.54) is 12.3 Å². The monoisotopic (exact) mass is 306 g/mol. The number of hydrogen-bond donors (Lipinski definition) is 1. The Balaban J connectivity index is 2.10. The van der Waals surface area contributed by atoms with Crippen LogP contribution >= 0.6 is 0 Å². The molecule has 0 radical (unpaired) electrons. The highest BCUT2D eigenvalue weighted by atomic mass is 19.4. The van der Waals surface area contributed by atoms with E-state index in [1.807, 2.05) is 0 Å². The number of fused-ring (bicyclic) bond motifs is 1. The van der Waals surface area contributed by atoms with Crippen molar-refractivity contribution >= 4 is 5.91 Å². The van der Waals surface area contributed by atoms with Crippen molar-refractivity contribution in [1.82, 2.24) is 4.98 Å². The van der Waals surface area contributed by atoms with Crippen LogP contribution in [-0.4, -0.2) is 10.9 Å². The molecule has 0 saturated heterocycles. The second-order valence-corrected chi connectivity index (χ2v) is 5.30. The number of carbonyl (C=O) groups is 1. The fraction of sp³-hybridized carbons (Fsp3) is 0.250. The molecule has 0 spiro atoms. The van der Waals surface area contributed by atoms with Crippen LogP contribution in [-0.2, 0) is 12.6 Å². The number of aromatic nitrogens is 1. The number of carbonyl (C=O) groups excluding carboxylic acids is 1. The Labute approximate surface area is 125 Å². The summed E-state index contributed by atoms with van der Waals surface area (Å²) in [6.07, 6.45) is -1.59. The van der Waals surface area contributed by atoms with Gasteiger partial charge in [0.25, 0.3) is 5.91 Å². The summed E-state index contributed by atoms with van der Waals surface area (Å²) in [5.74, 6) is -0.954. The third kappa shape index (κ3) is 2.45. The maximum Gasteiger partial charge on any atom is 0.416 e. The van der Waals surface area contributed by atoms with Crippen molar-refractivity contribution in [2.24, 2.45) is 5.73 Å². The summed E-state index contributed by atoms with van der Waals surface area (Å²) in [6, 6.07) is 6.90. The maximum absolute atomic E-state index is 12.9. The highest BCUT2D eigenvalue weighted by Crippen LogP contribution is 2.41.